The van der Waals surface area contributed by atoms with Crippen molar-refractivity contribution in [2.24, 2.45) is 0 Å². The molecule has 4 N–H and O–H groups in total. The quantitative estimate of drug-likeness (QED) is 0.753. The van der Waals surface area contributed by atoms with Crippen LogP contribution in [-0.4, -0.2) is 11.0 Å². The molecule has 0 heterocycles. The van der Waals surface area contributed by atoms with Gasteiger partial charge in [-0.2, -0.15) is 0 Å². The van der Waals surface area contributed by atoms with E-state index in [-0.39, 0.29) is 11.3 Å². The smallest absolute Gasteiger partial charge is 0.258 e. The number of nitrogens with one attached hydrogen (secondary N) is 1. The van der Waals surface area contributed by atoms with Crippen LogP contribution in [0.15, 0.2) is 36.4 Å². The summed E-state index contributed by atoms with van der Waals surface area (Å²) in [6, 6.07) is 8.54. The second-order valence-corrected chi connectivity index (χ2v) is 4.39. The predicted molar refractivity (Wildman–Crippen MR) is 76.3 cm³/mol. The van der Waals surface area contributed by atoms with Crippen molar-refractivity contribution < 1.29 is 14.3 Å². The summed E-state index contributed by atoms with van der Waals surface area (Å²) in [5.41, 5.74) is 7.76. The number of carbonyl (C=O) groups is 1. The van der Waals surface area contributed by atoms with E-state index in [9.17, 15) is 9.18 Å². The molecule has 5 heteroatoms. The number of benzene rings is 2. The van der Waals surface area contributed by atoms with E-state index in [0.717, 1.165) is 18.1 Å². The minimum absolute atomic E-state index is 0.138. The van der Waals surface area contributed by atoms with Gasteiger partial charge in [-0.15, -0.1) is 0 Å². The number of amides is 1. The molecule has 4 nitrogen and oxygen atoms in total. The van der Waals surface area contributed by atoms with Crippen LogP contribution in [0.1, 0.15) is 22.8 Å². The molecule has 0 spiro atoms. The van der Waals surface area contributed by atoms with Crippen LogP contribution in [0.25, 0.3) is 0 Å². The van der Waals surface area contributed by atoms with Gasteiger partial charge in [0.2, 0.25) is 0 Å². The van der Waals surface area contributed by atoms with Crippen molar-refractivity contribution in [2.75, 3.05) is 11.1 Å². The monoisotopic (exact) mass is 274 g/mol. The number of aryl methyl sites for hydroxylation is 1. The van der Waals surface area contributed by atoms with E-state index in [1.165, 1.54) is 12.1 Å². The van der Waals surface area contributed by atoms with Crippen molar-refractivity contribution in [1.29, 1.82) is 0 Å². The maximum Gasteiger partial charge on any atom is 0.258 e. The van der Waals surface area contributed by atoms with Crippen molar-refractivity contribution in [3.63, 3.8) is 0 Å². The summed E-state index contributed by atoms with van der Waals surface area (Å²) < 4.78 is 13.6. The second kappa shape index (κ2) is 5.61. The fraction of sp³-hybridized carbons (Fsp3) is 0.133. The first-order valence-electron chi connectivity index (χ1n) is 6.19. The van der Waals surface area contributed by atoms with E-state index in [1.807, 2.05) is 13.0 Å². The number of nitrogen functional groups attached to an aromatic ring is 1. The van der Waals surface area contributed by atoms with Crippen LogP contribution in [-0.2, 0) is 6.42 Å². The van der Waals surface area contributed by atoms with Crippen LogP contribution in [0.2, 0.25) is 0 Å². The Morgan fingerprint density at radius 3 is 2.65 bits per heavy atom. The van der Waals surface area contributed by atoms with Crippen molar-refractivity contribution in [2.45, 2.75) is 13.3 Å². The third-order valence-electron chi connectivity index (χ3n) is 2.98. The highest BCUT2D eigenvalue weighted by Gasteiger charge is 2.12. The second-order valence-electron chi connectivity index (χ2n) is 4.39. The molecule has 0 saturated heterocycles. The first-order chi connectivity index (χ1) is 9.51. The van der Waals surface area contributed by atoms with Gasteiger partial charge in [0.1, 0.15) is 11.6 Å². The molecular formula is C15H15FN2O2. The predicted octanol–water partition coefficient (Wildman–Crippen LogP) is 2.93. The van der Waals surface area contributed by atoms with Crippen LogP contribution in [0.5, 0.6) is 5.75 Å². The third kappa shape index (κ3) is 2.88. The minimum atomic E-state index is -0.777. The molecule has 0 aliphatic rings. The molecule has 0 saturated carbocycles. The van der Waals surface area contributed by atoms with Crippen LogP contribution in [0.4, 0.5) is 15.8 Å². The SMILES string of the molecule is CCc1ccc(NC(=O)c2ccc(O)cc2F)cc1N. The summed E-state index contributed by atoms with van der Waals surface area (Å²) in [5.74, 6) is -1.60. The molecule has 0 fully saturated rings. The van der Waals surface area contributed by atoms with Crippen LogP contribution in [0.3, 0.4) is 0 Å². The zero-order valence-corrected chi connectivity index (χ0v) is 11.0. The average molecular weight is 274 g/mol. The maximum atomic E-state index is 13.6. The Morgan fingerprint density at radius 1 is 1.30 bits per heavy atom. The lowest BCUT2D eigenvalue weighted by molar-refractivity contribution is 0.102. The number of anilines is 2. The standard InChI is InChI=1S/C15H15FN2O2/c1-2-9-3-4-10(7-14(9)17)18-15(20)12-6-5-11(19)8-13(12)16/h3-8,19H,2,17H2,1H3,(H,18,20). The number of halogens is 1. The van der Waals surface area contributed by atoms with E-state index >= 15 is 0 Å². The molecule has 0 aliphatic heterocycles. The van der Waals surface area contributed by atoms with Gasteiger partial charge in [-0.1, -0.05) is 13.0 Å². The van der Waals surface area contributed by atoms with Gasteiger partial charge < -0.3 is 16.2 Å². The fourth-order valence-electron chi connectivity index (χ4n) is 1.88. The number of hydrogen-bond donors (Lipinski definition) is 3. The van der Waals surface area contributed by atoms with Gasteiger partial charge in [-0.05, 0) is 36.2 Å². The number of hydrogen-bond acceptors (Lipinski definition) is 3. The Morgan fingerprint density at radius 2 is 2.05 bits per heavy atom. The first kappa shape index (κ1) is 13.9. The number of phenolic OH excluding ortho intramolecular Hbond substituents is 1. The number of nitrogens with two attached hydrogens (primary N) is 1. The highest BCUT2D eigenvalue weighted by molar-refractivity contribution is 6.04. The minimum Gasteiger partial charge on any atom is -0.508 e. The first-order valence-corrected chi connectivity index (χ1v) is 6.19. The van der Waals surface area contributed by atoms with E-state index in [2.05, 4.69) is 5.32 Å². The van der Waals surface area contributed by atoms with Gasteiger partial charge in [-0.25, -0.2) is 4.39 Å². The number of aromatic hydroxyl groups is 1. The average Bonchev–Trinajstić information content (AvgIpc) is 2.38. The Labute approximate surface area is 116 Å². The number of phenols is 1. The number of rotatable bonds is 3. The summed E-state index contributed by atoms with van der Waals surface area (Å²) in [6.45, 7) is 1.98. The molecule has 2 rings (SSSR count). The molecule has 0 unspecified atom stereocenters. The van der Waals surface area contributed by atoms with Crippen LogP contribution in [0, 0.1) is 5.82 Å². The summed E-state index contributed by atoms with van der Waals surface area (Å²) >= 11 is 0. The molecule has 0 radical (unpaired) electrons. The normalized spacial score (nSPS) is 10.3. The van der Waals surface area contributed by atoms with Gasteiger partial charge in [0.25, 0.3) is 5.91 Å². The van der Waals surface area contributed by atoms with Gasteiger partial charge in [0, 0.05) is 17.4 Å². The zero-order chi connectivity index (χ0) is 14.7. The lowest BCUT2D eigenvalue weighted by Crippen LogP contribution is -2.14. The molecule has 20 heavy (non-hydrogen) atoms. The van der Waals surface area contributed by atoms with Crippen molar-refractivity contribution in [3.05, 3.63) is 53.3 Å². The van der Waals surface area contributed by atoms with Crippen molar-refractivity contribution >= 4 is 17.3 Å². The van der Waals surface area contributed by atoms with Gasteiger partial charge >= 0.3 is 0 Å². The third-order valence-corrected chi connectivity index (χ3v) is 2.98. The summed E-state index contributed by atoms with van der Waals surface area (Å²) in [6.07, 6.45) is 0.798. The lowest BCUT2D eigenvalue weighted by atomic mass is 10.1. The maximum absolute atomic E-state index is 13.6. The van der Waals surface area contributed by atoms with Gasteiger partial charge in [-0.3, -0.25) is 4.79 Å². The molecule has 104 valence electrons. The van der Waals surface area contributed by atoms with E-state index in [4.69, 9.17) is 10.8 Å². The van der Waals surface area contributed by atoms with Crippen LogP contribution < -0.4 is 11.1 Å². The lowest BCUT2D eigenvalue weighted by Gasteiger charge is -2.09. The van der Waals surface area contributed by atoms with Crippen LogP contribution >= 0.6 is 0 Å². The Bertz CT molecular complexity index is 656. The summed E-state index contributed by atoms with van der Waals surface area (Å²) in [5, 5.41) is 11.7. The largest absolute Gasteiger partial charge is 0.508 e. The molecule has 0 aromatic heterocycles. The Hall–Kier alpha value is -2.56. The van der Waals surface area contributed by atoms with Crippen molar-refractivity contribution in [1.82, 2.24) is 0 Å². The summed E-state index contributed by atoms with van der Waals surface area (Å²) in [7, 11) is 0. The fourth-order valence-corrected chi connectivity index (χ4v) is 1.88. The van der Waals surface area contributed by atoms with E-state index in [0.29, 0.717) is 11.4 Å². The zero-order valence-electron chi connectivity index (χ0n) is 11.0. The molecular weight excluding hydrogens is 259 g/mol. The van der Waals surface area contributed by atoms with Gasteiger partial charge in [0.05, 0.1) is 5.56 Å². The highest BCUT2D eigenvalue weighted by atomic mass is 19.1. The molecule has 0 bridgehead atoms. The Kier molecular flexibility index (Phi) is 3.89. The summed E-state index contributed by atoms with van der Waals surface area (Å²) in [4.78, 5) is 11.9. The number of carbonyl (C=O) groups excluding carboxylic acids is 1. The molecule has 2 aromatic carbocycles. The highest BCUT2D eigenvalue weighted by Crippen LogP contribution is 2.20. The molecule has 1 amide bonds. The molecule has 0 aliphatic carbocycles. The van der Waals surface area contributed by atoms with E-state index < -0.39 is 11.7 Å². The van der Waals surface area contributed by atoms with Crippen molar-refractivity contribution in [3.8, 4) is 5.75 Å². The topological polar surface area (TPSA) is 75.3 Å². The Balaban J connectivity index is 2.21. The molecule has 0 atom stereocenters. The van der Waals surface area contributed by atoms with Gasteiger partial charge in [0.15, 0.2) is 0 Å². The molecule has 2 aromatic rings. The van der Waals surface area contributed by atoms with E-state index in [1.54, 1.807) is 12.1 Å².